The predicted molar refractivity (Wildman–Crippen MR) is 99.2 cm³/mol. The summed E-state index contributed by atoms with van der Waals surface area (Å²) in [6.45, 7) is 1.47. The minimum atomic E-state index is -1.01. The van der Waals surface area contributed by atoms with Crippen molar-refractivity contribution in [3.63, 3.8) is 0 Å². The van der Waals surface area contributed by atoms with Crippen LogP contribution in [0.25, 0.3) is 11.3 Å². The molecule has 132 valence electrons. The van der Waals surface area contributed by atoms with Crippen LogP contribution in [0.1, 0.15) is 17.3 Å². The molecule has 0 aliphatic heterocycles. The van der Waals surface area contributed by atoms with E-state index in [4.69, 9.17) is 4.74 Å². The lowest BCUT2D eigenvalue weighted by Gasteiger charge is -2.12. The molecule has 1 atom stereocenters. The summed E-state index contributed by atoms with van der Waals surface area (Å²) in [4.78, 5) is 28.6. The average Bonchev–Trinajstić information content (AvgIpc) is 3.11. The van der Waals surface area contributed by atoms with Crippen LogP contribution in [0.5, 0.6) is 5.75 Å². The highest BCUT2D eigenvalue weighted by Gasteiger charge is 2.20. The highest BCUT2D eigenvalue weighted by atomic mass is 32.1. The summed E-state index contributed by atoms with van der Waals surface area (Å²) in [7, 11) is 0. The number of benzene rings is 2. The number of thiazole rings is 1. The molecule has 0 bridgehead atoms. The zero-order valence-corrected chi connectivity index (χ0v) is 14.7. The average molecular weight is 368 g/mol. The number of phenolic OH excluding ortho intramolecular Hbond substituents is 1. The molecule has 3 rings (SSSR count). The maximum Gasteiger partial charge on any atom is 0.339 e. The van der Waals surface area contributed by atoms with Gasteiger partial charge in [0.25, 0.3) is 5.91 Å². The molecule has 2 aromatic carbocycles. The first kappa shape index (κ1) is 17.6. The van der Waals surface area contributed by atoms with Crippen LogP contribution < -0.4 is 5.32 Å². The van der Waals surface area contributed by atoms with E-state index >= 15 is 0 Å². The topological polar surface area (TPSA) is 88.5 Å². The van der Waals surface area contributed by atoms with Gasteiger partial charge in [-0.05, 0) is 25.1 Å². The summed E-state index contributed by atoms with van der Waals surface area (Å²) in [5.41, 5.74) is 1.88. The molecule has 0 aliphatic rings. The number of rotatable bonds is 5. The van der Waals surface area contributed by atoms with E-state index < -0.39 is 18.0 Å². The monoisotopic (exact) mass is 368 g/mol. The number of hydrogen-bond donors (Lipinski definition) is 2. The Balaban J connectivity index is 1.61. The van der Waals surface area contributed by atoms with Crippen molar-refractivity contribution in [2.45, 2.75) is 13.0 Å². The van der Waals surface area contributed by atoms with E-state index in [0.717, 1.165) is 11.3 Å². The van der Waals surface area contributed by atoms with Crippen LogP contribution >= 0.6 is 11.3 Å². The minimum Gasteiger partial charge on any atom is -0.508 e. The van der Waals surface area contributed by atoms with Gasteiger partial charge in [0, 0.05) is 10.9 Å². The molecule has 0 radical (unpaired) electrons. The van der Waals surface area contributed by atoms with Crippen molar-refractivity contribution in [2.75, 3.05) is 5.32 Å². The Morgan fingerprint density at radius 3 is 2.65 bits per heavy atom. The molecule has 0 saturated heterocycles. The second-order valence-corrected chi connectivity index (χ2v) is 6.35. The van der Waals surface area contributed by atoms with Crippen molar-refractivity contribution in [1.82, 2.24) is 4.98 Å². The van der Waals surface area contributed by atoms with Gasteiger partial charge in [-0.25, -0.2) is 9.78 Å². The van der Waals surface area contributed by atoms with Gasteiger partial charge in [0.2, 0.25) is 0 Å². The summed E-state index contributed by atoms with van der Waals surface area (Å²) in [6.07, 6.45) is -1.01. The molecule has 1 aromatic heterocycles. The van der Waals surface area contributed by atoms with Crippen LogP contribution in [0.3, 0.4) is 0 Å². The van der Waals surface area contributed by atoms with Crippen molar-refractivity contribution < 1.29 is 19.4 Å². The maximum absolute atomic E-state index is 12.2. The van der Waals surface area contributed by atoms with Crippen molar-refractivity contribution in [3.8, 4) is 17.0 Å². The molecular formula is C19H16N2O4S. The van der Waals surface area contributed by atoms with Crippen LogP contribution in [-0.2, 0) is 9.53 Å². The fourth-order valence-electron chi connectivity index (χ4n) is 2.19. The molecule has 26 heavy (non-hydrogen) atoms. The molecule has 0 spiro atoms. The van der Waals surface area contributed by atoms with Crippen LogP contribution in [0.15, 0.2) is 60.0 Å². The third-order valence-corrected chi connectivity index (χ3v) is 4.30. The Labute approximate surface area is 154 Å². The number of aromatic nitrogens is 1. The number of carbonyl (C=O) groups excluding carboxylic acids is 2. The molecule has 1 amide bonds. The number of phenols is 1. The van der Waals surface area contributed by atoms with E-state index in [0.29, 0.717) is 5.13 Å². The second-order valence-electron chi connectivity index (χ2n) is 5.49. The lowest BCUT2D eigenvalue weighted by atomic mass is 10.2. The smallest absolute Gasteiger partial charge is 0.339 e. The summed E-state index contributed by atoms with van der Waals surface area (Å²) < 4.78 is 5.13. The number of anilines is 1. The van der Waals surface area contributed by atoms with Crippen LogP contribution in [-0.4, -0.2) is 28.1 Å². The van der Waals surface area contributed by atoms with E-state index in [1.165, 1.54) is 42.5 Å². The number of aromatic hydroxyl groups is 1. The van der Waals surface area contributed by atoms with Gasteiger partial charge in [-0.1, -0.05) is 36.4 Å². The third-order valence-electron chi connectivity index (χ3n) is 3.54. The standard InChI is InChI=1S/C19H16N2O4S/c1-12(25-18(24)14-8-5-9-15(22)10-14)17(23)21-19-20-16(11-26-19)13-6-3-2-4-7-13/h2-12,22H,1H3,(H,20,21,23)/t12-/m0/s1. The van der Waals surface area contributed by atoms with Crippen LogP contribution in [0.4, 0.5) is 5.13 Å². The highest BCUT2D eigenvalue weighted by molar-refractivity contribution is 7.14. The Bertz CT molecular complexity index is 924. The normalized spacial score (nSPS) is 11.6. The molecule has 0 saturated carbocycles. The lowest BCUT2D eigenvalue weighted by molar-refractivity contribution is -0.123. The summed E-state index contributed by atoms with van der Waals surface area (Å²) in [5.74, 6) is -1.21. The number of ether oxygens (including phenoxy) is 1. The Morgan fingerprint density at radius 1 is 1.15 bits per heavy atom. The van der Waals surface area contributed by atoms with Gasteiger partial charge < -0.3 is 9.84 Å². The minimum absolute atomic E-state index is 0.0484. The molecule has 0 unspecified atom stereocenters. The fourth-order valence-corrected chi connectivity index (χ4v) is 2.92. The molecule has 2 N–H and O–H groups in total. The predicted octanol–water partition coefficient (Wildman–Crippen LogP) is 3.70. The SMILES string of the molecule is C[C@H](OC(=O)c1cccc(O)c1)C(=O)Nc1nc(-c2ccccc2)cs1. The number of nitrogens with one attached hydrogen (secondary N) is 1. The van der Waals surface area contributed by atoms with Gasteiger partial charge in [-0.15, -0.1) is 11.3 Å². The number of amides is 1. The van der Waals surface area contributed by atoms with Gasteiger partial charge in [-0.2, -0.15) is 0 Å². The largest absolute Gasteiger partial charge is 0.508 e. The molecular weight excluding hydrogens is 352 g/mol. The Morgan fingerprint density at radius 2 is 1.92 bits per heavy atom. The summed E-state index contributed by atoms with van der Waals surface area (Å²) in [5, 5.41) is 14.3. The molecule has 7 heteroatoms. The van der Waals surface area contributed by atoms with E-state index in [2.05, 4.69) is 10.3 Å². The third kappa shape index (κ3) is 4.25. The summed E-state index contributed by atoms with van der Waals surface area (Å²) in [6, 6.07) is 15.4. The first-order valence-corrected chi connectivity index (χ1v) is 8.73. The molecule has 6 nitrogen and oxygen atoms in total. The van der Waals surface area contributed by atoms with E-state index in [-0.39, 0.29) is 11.3 Å². The van der Waals surface area contributed by atoms with E-state index in [1.807, 2.05) is 35.7 Å². The Kier molecular flexibility index (Phi) is 5.28. The molecule has 0 fully saturated rings. The molecule has 3 aromatic rings. The van der Waals surface area contributed by atoms with E-state index in [1.54, 1.807) is 0 Å². The van der Waals surface area contributed by atoms with Crippen molar-refractivity contribution in [2.24, 2.45) is 0 Å². The van der Waals surface area contributed by atoms with Gasteiger partial charge in [0.15, 0.2) is 11.2 Å². The van der Waals surface area contributed by atoms with Gasteiger partial charge in [0.05, 0.1) is 11.3 Å². The highest BCUT2D eigenvalue weighted by Crippen LogP contribution is 2.24. The van der Waals surface area contributed by atoms with E-state index in [9.17, 15) is 14.7 Å². The maximum atomic E-state index is 12.2. The van der Waals surface area contributed by atoms with Gasteiger partial charge in [0.1, 0.15) is 5.75 Å². The number of nitrogens with zero attached hydrogens (tertiary/aromatic N) is 1. The lowest BCUT2D eigenvalue weighted by Crippen LogP contribution is -2.29. The van der Waals surface area contributed by atoms with Crippen molar-refractivity contribution >= 4 is 28.3 Å². The quantitative estimate of drug-likeness (QED) is 0.671. The fraction of sp³-hybridized carbons (Fsp3) is 0.105. The number of esters is 1. The van der Waals surface area contributed by atoms with Crippen molar-refractivity contribution in [3.05, 3.63) is 65.5 Å². The van der Waals surface area contributed by atoms with Gasteiger partial charge >= 0.3 is 5.97 Å². The number of carbonyl (C=O) groups is 2. The second kappa shape index (κ2) is 7.79. The number of hydrogen-bond acceptors (Lipinski definition) is 6. The zero-order chi connectivity index (χ0) is 18.5. The van der Waals surface area contributed by atoms with Crippen molar-refractivity contribution in [1.29, 1.82) is 0 Å². The van der Waals surface area contributed by atoms with Gasteiger partial charge in [-0.3, -0.25) is 10.1 Å². The van der Waals surface area contributed by atoms with Crippen LogP contribution in [0, 0.1) is 0 Å². The Hall–Kier alpha value is -3.19. The first-order valence-electron chi connectivity index (χ1n) is 7.85. The molecule has 1 heterocycles. The van der Waals surface area contributed by atoms with Crippen LogP contribution in [0.2, 0.25) is 0 Å². The zero-order valence-electron chi connectivity index (χ0n) is 13.9. The first-order chi connectivity index (χ1) is 12.5. The molecule has 0 aliphatic carbocycles. The summed E-state index contributed by atoms with van der Waals surface area (Å²) >= 11 is 1.29.